The molecule has 0 aliphatic rings. The summed E-state index contributed by atoms with van der Waals surface area (Å²) >= 11 is 7.43. The Morgan fingerprint density at radius 1 is 1.24 bits per heavy atom. The molecule has 0 aliphatic heterocycles. The van der Waals surface area contributed by atoms with Crippen LogP contribution in [0.1, 0.15) is 24.3 Å². The van der Waals surface area contributed by atoms with Crippen LogP contribution in [0.25, 0.3) is 0 Å². The maximum Gasteiger partial charge on any atom is 0.230 e. The summed E-state index contributed by atoms with van der Waals surface area (Å²) in [5.41, 5.74) is 6.75. The number of benzene rings is 1. The number of nitrogen functional groups attached to an aromatic ring is 1. The lowest BCUT2D eigenvalue weighted by Gasteiger charge is -2.24. The van der Waals surface area contributed by atoms with Gasteiger partial charge in [-0.3, -0.25) is 4.79 Å². The van der Waals surface area contributed by atoms with Gasteiger partial charge in [-0.1, -0.05) is 23.7 Å². The van der Waals surface area contributed by atoms with Gasteiger partial charge in [-0.25, -0.2) is 0 Å². The first kappa shape index (κ1) is 15.9. The Kier molecular flexibility index (Phi) is 4.91. The van der Waals surface area contributed by atoms with Crippen molar-refractivity contribution in [3.63, 3.8) is 0 Å². The number of anilines is 1. The molecule has 1 amide bonds. The van der Waals surface area contributed by atoms with Crippen LogP contribution in [0.5, 0.6) is 0 Å². The minimum atomic E-state index is -0.583. The van der Waals surface area contributed by atoms with Crippen molar-refractivity contribution in [2.45, 2.75) is 25.7 Å². The second-order valence-corrected chi connectivity index (χ2v) is 7.26. The lowest BCUT2D eigenvalue weighted by Crippen LogP contribution is -2.40. The fourth-order valence-corrected chi connectivity index (χ4v) is 3.12. The molecule has 1 aromatic carbocycles. The van der Waals surface area contributed by atoms with E-state index < -0.39 is 5.41 Å². The van der Waals surface area contributed by atoms with Gasteiger partial charge in [0, 0.05) is 17.1 Å². The van der Waals surface area contributed by atoms with Gasteiger partial charge < -0.3 is 11.1 Å². The molecule has 0 spiro atoms. The van der Waals surface area contributed by atoms with Crippen LogP contribution in [0.4, 0.5) is 5.69 Å². The van der Waals surface area contributed by atoms with Gasteiger partial charge in [0.1, 0.15) is 0 Å². The van der Waals surface area contributed by atoms with E-state index in [2.05, 4.69) is 5.32 Å². The molecule has 0 atom stereocenters. The molecule has 2 aromatic rings. The van der Waals surface area contributed by atoms with Crippen LogP contribution in [0.2, 0.25) is 4.34 Å². The van der Waals surface area contributed by atoms with Crippen molar-refractivity contribution in [1.29, 1.82) is 0 Å². The highest BCUT2D eigenvalue weighted by Gasteiger charge is 2.29. The monoisotopic (exact) mass is 322 g/mol. The smallest absolute Gasteiger partial charge is 0.230 e. The maximum absolute atomic E-state index is 12.4. The van der Waals surface area contributed by atoms with Gasteiger partial charge in [0.15, 0.2) is 0 Å². The summed E-state index contributed by atoms with van der Waals surface area (Å²) in [7, 11) is 0. The Hall–Kier alpha value is -1.52. The largest absolute Gasteiger partial charge is 0.399 e. The normalized spacial score (nSPS) is 11.4. The molecule has 21 heavy (non-hydrogen) atoms. The first-order chi connectivity index (χ1) is 9.89. The highest BCUT2D eigenvalue weighted by Crippen LogP contribution is 2.25. The molecule has 0 bridgehead atoms. The van der Waals surface area contributed by atoms with Crippen LogP contribution in [0, 0.1) is 0 Å². The summed E-state index contributed by atoms with van der Waals surface area (Å²) in [6.45, 7) is 4.43. The van der Waals surface area contributed by atoms with Crippen LogP contribution in [0.3, 0.4) is 0 Å². The predicted octanol–water partition coefficient (Wildman–Crippen LogP) is 3.62. The second kappa shape index (κ2) is 6.50. The second-order valence-electron chi connectivity index (χ2n) is 5.46. The summed E-state index contributed by atoms with van der Waals surface area (Å²) in [5, 5.41) is 2.99. The summed E-state index contributed by atoms with van der Waals surface area (Å²) in [6.07, 6.45) is 0.793. The number of hydrogen-bond acceptors (Lipinski definition) is 3. The highest BCUT2D eigenvalue weighted by atomic mass is 35.5. The minimum absolute atomic E-state index is 0.00919. The van der Waals surface area contributed by atoms with Crippen molar-refractivity contribution < 1.29 is 4.79 Å². The van der Waals surface area contributed by atoms with Crippen LogP contribution >= 0.6 is 22.9 Å². The minimum Gasteiger partial charge on any atom is -0.399 e. The molecule has 3 nitrogen and oxygen atoms in total. The summed E-state index contributed by atoms with van der Waals surface area (Å²) in [5.74, 6) is 0.00919. The van der Waals surface area contributed by atoms with Gasteiger partial charge in [0.05, 0.1) is 9.75 Å². The molecular weight excluding hydrogens is 304 g/mol. The molecule has 1 heterocycles. The number of hydrogen-bond donors (Lipinski definition) is 2. The summed E-state index contributed by atoms with van der Waals surface area (Å²) in [4.78, 5) is 13.6. The highest BCUT2D eigenvalue weighted by molar-refractivity contribution is 7.16. The van der Waals surface area contributed by atoms with E-state index >= 15 is 0 Å². The van der Waals surface area contributed by atoms with Crippen molar-refractivity contribution in [1.82, 2.24) is 5.32 Å². The number of carbonyl (C=O) groups is 1. The van der Waals surface area contributed by atoms with E-state index in [1.54, 1.807) is 11.3 Å². The van der Waals surface area contributed by atoms with Crippen molar-refractivity contribution in [3.8, 4) is 0 Å². The zero-order valence-corrected chi connectivity index (χ0v) is 13.7. The van der Waals surface area contributed by atoms with Crippen LogP contribution in [0.15, 0.2) is 36.4 Å². The van der Waals surface area contributed by atoms with E-state index in [1.165, 1.54) is 4.88 Å². The van der Waals surface area contributed by atoms with E-state index in [4.69, 9.17) is 17.3 Å². The SMILES string of the molecule is CC(C)(C(=O)NCCc1ccc(Cl)s1)c1ccc(N)cc1. The van der Waals surface area contributed by atoms with Gasteiger partial charge in [-0.05, 0) is 50.1 Å². The number of thiophene rings is 1. The average molecular weight is 323 g/mol. The Morgan fingerprint density at radius 2 is 1.90 bits per heavy atom. The first-order valence-corrected chi connectivity index (χ1v) is 7.97. The van der Waals surface area contributed by atoms with Crippen molar-refractivity contribution >= 4 is 34.5 Å². The van der Waals surface area contributed by atoms with Gasteiger partial charge in [-0.2, -0.15) is 0 Å². The Morgan fingerprint density at radius 3 is 2.48 bits per heavy atom. The lowest BCUT2D eigenvalue weighted by atomic mass is 9.83. The Labute approximate surface area is 134 Å². The molecule has 1 aromatic heterocycles. The molecule has 2 rings (SSSR count). The molecule has 112 valence electrons. The van der Waals surface area contributed by atoms with E-state index in [0.29, 0.717) is 12.2 Å². The van der Waals surface area contributed by atoms with Crippen LogP contribution < -0.4 is 11.1 Å². The van der Waals surface area contributed by atoms with E-state index in [9.17, 15) is 4.79 Å². The number of nitrogens with two attached hydrogens (primary N) is 1. The predicted molar refractivity (Wildman–Crippen MR) is 89.9 cm³/mol. The summed E-state index contributed by atoms with van der Waals surface area (Å²) in [6, 6.07) is 11.3. The van der Waals surface area contributed by atoms with E-state index in [-0.39, 0.29) is 5.91 Å². The number of halogens is 1. The third-order valence-corrected chi connectivity index (χ3v) is 4.78. The number of rotatable bonds is 5. The topological polar surface area (TPSA) is 55.1 Å². The third-order valence-electron chi connectivity index (χ3n) is 3.49. The number of amides is 1. The standard InChI is InChI=1S/C16H19ClN2OS/c1-16(2,11-3-5-12(18)6-4-11)15(20)19-10-9-13-7-8-14(17)21-13/h3-8H,9-10,18H2,1-2H3,(H,19,20). The average Bonchev–Trinajstić information content (AvgIpc) is 2.85. The molecule has 0 saturated heterocycles. The Balaban J connectivity index is 1.93. The fraction of sp³-hybridized carbons (Fsp3) is 0.312. The van der Waals surface area contributed by atoms with Gasteiger partial charge in [-0.15, -0.1) is 11.3 Å². The molecule has 0 unspecified atom stereocenters. The van der Waals surface area contributed by atoms with E-state index in [1.807, 2.05) is 50.2 Å². The number of carbonyl (C=O) groups excluding carboxylic acids is 1. The molecule has 0 fully saturated rings. The van der Waals surface area contributed by atoms with Crippen molar-refractivity contribution in [3.05, 3.63) is 51.2 Å². The number of nitrogens with one attached hydrogen (secondary N) is 1. The summed E-state index contributed by atoms with van der Waals surface area (Å²) < 4.78 is 0.776. The van der Waals surface area contributed by atoms with Crippen LogP contribution in [-0.4, -0.2) is 12.5 Å². The third kappa shape index (κ3) is 3.99. The van der Waals surface area contributed by atoms with Crippen LogP contribution in [-0.2, 0) is 16.6 Å². The lowest BCUT2D eigenvalue weighted by molar-refractivity contribution is -0.125. The van der Waals surface area contributed by atoms with E-state index in [0.717, 1.165) is 16.3 Å². The van der Waals surface area contributed by atoms with Gasteiger partial charge in [0.25, 0.3) is 0 Å². The first-order valence-electron chi connectivity index (χ1n) is 6.78. The molecule has 0 radical (unpaired) electrons. The molecular formula is C16H19ClN2OS. The van der Waals surface area contributed by atoms with Gasteiger partial charge >= 0.3 is 0 Å². The van der Waals surface area contributed by atoms with Crippen molar-refractivity contribution in [2.24, 2.45) is 0 Å². The zero-order valence-electron chi connectivity index (χ0n) is 12.2. The Bertz CT molecular complexity index is 619. The maximum atomic E-state index is 12.4. The van der Waals surface area contributed by atoms with Gasteiger partial charge in [0.2, 0.25) is 5.91 Å². The molecule has 0 aliphatic carbocycles. The zero-order chi connectivity index (χ0) is 15.5. The molecule has 5 heteroatoms. The molecule has 0 saturated carbocycles. The fourth-order valence-electron chi connectivity index (χ4n) is 2.04. The molecule has 3 N–H and O–H groups in total. The van der Waals surface area contributed by atoms with Crippen molar-refractivity contribution in [2.75, 3.05) is 12.3 Å². The quantitative estimate of drug-likeness (QED) is 0.826.